The fourth-order valence-corrected chi connectivity index (χ4v) is 2.15. The van der Waals surface area contributed by atoms with Gasteiger partial charge in [-0.1, -0.05) is 35.3 Å². The smallest absolute Gasteiger partial charge is 0.220 e. The lowest BCUT2D eigenvalue weighted by atomic mass is 10.1. The summed E-state index contributed by atoms with van der Waals surface area (Å²) < 4.78 is 4.80. The Hall–Kier alpha value is -0.810. The Balaban J connectivity index is 2.28. The molecule has 1 aromatic rings. The summed E-state index contributed by atoms with van der Waals surface area (Å²) in [6.07, 6.45) is 0.784. The molecular formula is C14H19Cl2NO3. The van der Waals surface area contributed by atoms with E-state index in [1.165, 1.54) is 7.11 Å². The van der Waals surface area contributed by atoms with Crippen LogP contribution in [0.3, 0.4) is 0 Å². The number of methoxy groups -OCH3 is 1. The lowest BCUT2D eigenvalue weighted by molar-refractivity contribution is -0.121. The molecule has 0 spiro atoms. The minimum Gasteiger partial charge on any atom is -0.391 e. The molecule has 0 saturated carbocycles. The van der Waals surface area contributed by atoms with Crippen LogP contribution in [-0.4, -0.2) is 37.4 Å². The van der Waals surface area contributed by atoms with Crippen molar-refractivity contribution in [1.82, 2.24) is 5.32 Å². The molecule has 0 heterocycles. The highest BCUT2D eigenvalue weighted by Crippen LogP contribution is 2.26. The van der Waals surface area contributed by atoms with Crippen LogP contribution in [0.2, 0.25) is 10.0 Å². The van der Waals surface area contributed by atoms with Crippen LogP contribution in [0.1, 0.15) is 18.4 Å². The van der Waals surface area contributed by atoms with Gasteiger partial charge in [0.2, 0.25) is 5.91 Å². The van der Waals surface area contributed by atoms with Gasteiger partial charge in [-0.3, -0.25) is 4.79 Å². The topological polar surface area (TPSA) is 58.6 Å². The number of halogens is 2. The second-order valence-corrected chi connectivity index (χ2v) is 5.25. The minimum atomic E-state index is -0.553. The number of aliphatic hydroxyl groups is 1. The van der Waals surface area contributed by atoms with Gasteiger partial charge in [0.1, 0.15) is 0 Å². The molecule has 0 bridgehead atoms. The molecule has 0 aromatic heterocycles. The molecule has 0 radical (unpaired) electrons. The molecule has 1 aromatic carbocycles. The molecule has 6 heteroatoms. The average molecular weight is 320 g/mol. The minimum absolute atomic E-state index is 0.0781. The lowest BCUT2D eigenvalue weighted by Gasteiger charge is -2.10. The number of nitrogens with one attached hydrogen (secondary N) is 1. The van der Waals surface area contributed by atoms with Crippen molar-refractivity contribution in [3.05, 3.63) is 33.8 Å². The highest BCUT2D eigenvalue weighted by Gasteiger charge is 2.08. The summed E-state index contributed by atoms with van der Waals surface area (Å²) in [5, 5.41) is 13.2. The van der Waals surface area contributed by atoms with Crippen LogP contribution in [0.15, 0.2) is 18.2 Å². The number of hydrogen-bond donors (Lipinski definition) is 2. The SMILES string of the molecule is COCC(O)CCNC(=O)CCc1cccc(Cl)c1Cl. The number of hydrogen-bond acceptors (Lipinski definition) is 3. The van der Waals surface area contributed by atoms with E-state index in [0.29, 0.717) is 35.9 Å². The third-order valence-electron chi connectivity index (χ3n) is 2.81. The number of aliphatic hydroxyl groups excluding tert-OH is 1. The highest BCUT2D eigenvalue weighted by atomic mass is 35.5. The van der Waals surface area contributed by atoms with E-state index in [1.54, 1.807) is 6.07 Å². The lowest BCUT2D eigenvalue weighted by Crippen LogP contribution is -2.28. The summed E-state index contributed by atoms with van der Waals surface area (Å²) in [5.74, 6) is -0.0781. The summed E-state index contributed by atoms with van der Waals surface area (Å²) in [4.78, 5) is 11.7. The van der Waals surface area contributed by atoms with Gasteiger partial charge in [0.05, 0.1) is 22.8 Å². The van der Waals surface area contributed by atoms with Crippen LogP contribution in [0.4, 0.5) is 0 Å². The van der Waals surface area contributed by atoms with E-state index in [2.05, 4.69) is 5.32 Å². The first-order valence-electron chi connectivity index (χ1n) is 6.41. The summed E-state index contributed by atoms with van der Waals surface area (Å²) >= 11 is 12.0. The number of benzene rings is 1. The number of amides is 1. The Morgan fingerprint density at radius 3 is 2.90 bits per heavy atom. The first-order chi connectivity index (χ1) is 9.54. The molecule has 0 aliphatic carbocycles. The van der Waals surface area contributed by atoms with Crippen molar-refractivity contribution in [1.29, 1.82) is 0 Å². The van der Waals surface area contributed by atoms with E-state index < -0.39 is 6.10 Å². The van der Waals surface area contributed by atoms with Gasteiger partial charge in [0.25, 0.3) is 0 Å². The Morgan fingerprint density at radius 2 is 2.20 bits per heavy atom. The molecule has 1 rings (SSSR count). The van der Waals surface area contributed by atoms with Crippen molar-refractivity contribution < 1.29 is 14.6 Å². The van der Waals surface area contributed by atoms with Gasteiger partial charge in [-0.2, -0.15) is 0 Å². The number of carbonyl (C=O) groups is 1. The van der Waals surface area contributed by atoms with E-state index in [9.17, 15) is 9.90 Å². The van der Waals surface area contributed by atoms with Crippen LogP contribution < -0.4 is 5.32 Å². The molecule has 4 nitrogen and oxygen atoms in total. The summed E-state index contributed by atoms with van der Waals surface area (Å²) in [6, 6.07) is 5.37. The largest absolute Gasteiger partial charge is 0.391 e. The van der Waals surface area contributed by atoms with Crippen LogP contribution in [0.25, 0.3) is 0 Å². The predicted octanol–water partition coefficient (Wildman–Crippen LogP) is 2.44. The summed E-state index contributed by atoms with van der Waals surface area (Å²) in [6.45, 7) is 0.695. The van der Waals surface area contributed by atoms with Gasteiger partial charge in [-0.25, -0.2) is 0 Å². The molecule has 1 unspecified atom stereocenters. The molecule has 0 aliphatic rings. The molecule has 0 aliphatic heterocycles. The van der Waals surface area contributed by atoms with E-state index in [4.69, 9.17) is 27.9 Å². The maximum Gasteiger partial charge on any atom is 0.220 e. The predicted molar refractivity (Wildman–Crippen MR) is 80.3 cm³/mol. The second-order valence-electron chi connectivity index (χ2n) is 4.46. The monoisotopic (exact) mass is 319 g/mol. The number of aryl methyl sites for hydroxylation is 1. The normalized spacial score (nSPS) is 12.2. The van der Waals surface area contributed by atoms with Gasteiger partial charge in [0, 0.05) is 20.1 Å². The van der Waals surface area contributed by atoms with Gasteiger partial charge in [-0.05, 0) is 24.5 Å². The van der Waals surface area contributed by atoms with E-state index in [0.717, 1.165) is 5.56 Å². The third kappa shape index (κ3) is 6.09. The summed E-state index contributed by atoms with van der Waals surface area (Å²) in [7, 11) is 1.52. The van der Waals surface area contributed by atoms with Crippen LogP contribution in [-0.2, 0) is 16.0 Å². The Bertz CT molecular complexity index is 440. The highest BCUT2D eigenvalue weighted by molar-refractivity contribution is 6.42. The van der Waals surface area contributed by atoms with Crippen molar-refractivity contribution in [2.75, 3.05) is 20.3 Å². The van der Waals surface area contributed by atoms with Gasteiger partial charge < -0.3 is 15.2 Å². The van der Waals surface area contributed by atoms with Crippen LogP contribution in [0, 0.1) is 0 Å². The van der Waals surface area contributed by atoms with Crippen molar-refractivity contribution in [3.63, 3.8) is 0 Å². The van der Waals surface area contributed by atoms with E-state index >= 15 is 0 Å². The Labute approximate surface area is 129 Å². The van der Waals surface area contributed by atoms with Crippen molar-refractivity contribution in [3.8, 4) is 0 Å². The second kappa shape index (κ2) is 9.19. The fraction of sp³-hybridized carbons (Fsp3) is 0.500. The molecule has 112 valence electrons. The molecule has 20 heavy (non-hydrogen) atoms. The van der Waals surface area contributed by atoms with Crippen molar-refractivity contribution in [2.24, 2.45) is 0 Å². The molecular weight excluding hydrogens is 301 g/mol. The van der Waals surface area contributed by atoms with E-state index in [-0.39, 0.29) is 12.5 Å². The van der Waals surface area contributed by atoms with Gasteiger partial charge in [0.15, 0.2) is 0 Å². The average Bonchev–Trinajstić information content (AvgIpc) is 2.41. The van der Waals surface area contributed by atoms with Gasteiger partial charge in [-0.15, -0.1) is 0 Å². The zero-order valence-corrected chi connectivity index (χ0v) is 12.9. The number of ether oxygens (including phenoxy) is 1. The molecule has 1 amide bonds. The van der Waals surface area contributed by atoms with Crippen molar-refractivity contribution in [2.45, 2.75) is 25.4 Å². The van der Waals surface area contributed by atoms with Crippen molar-refractivity contribution >= 4 is 29.1 Å². The molecule has 1 atom stereocenters. The maximum absolute atomic E-state index is 11.7. The molecule has 0 saturated heterocycles. The standard InChI is InChI=1S/C14H19Cl2NO3/c1-20-9-11(18)7-8-17-13(19)6-5-10-3-2-4-12(15)14(10)16/h2-4,11,18H,5-9H2,1H3,(H,17,19). The first-order valence-corrected chi connectivity index (χ1v) is 7.16. The summed E-state index contributed by atoms with van der Waals surface area (Å²) in [5.41, 5.74) is 0.855. The van der Waals surface area contributed by atoms with Gasteiger partial charge >= 0.3 is 0 Å². The Morgan fingerprint density at radius 1 is 1.45 bits per heavy atom. The maximum atomic E-state index is 11.7. The number of rotatable bonds is 8. The molecule has 2 N–H and O–H groups in total. The zero-order chi connectivity index (χ0) is 15.0. The van der Waals surface area contributed by atoms with Crippen LogP contribution in [0.5, 0.6) is 0 Å². The van der Waals surface area contributed by atoms with Crippen LogP contribution >= 0.6 is 23.2 Å². The number of carbonyl (C=O) groups excluding carboxylic acids is 1. The molecule has 0 fully saturated rings. The fourth-order valence-electron chi connectivity index (χ4n) is 1.73. The zero-order valence-electron chi connectivity index (χ0n) is 11.4. The third-order valence-corrected chi connectivity index (χ3v) is 3.67. The Kier molecular flexibility index (Phi) is 7.92. The van der Waals surface area contributed by atoms with E-state index in [1.807, 2.05) is 12.1 Å². The first kappa shape index (κ1) is 17.2. The quantitative estimate of drug-likeness (QED) is 0.773.